The van der Waals surface area contributed by atoms with Crippen LogP contribution in [0.15, 0.2) is 0 Å². The van der Waals surface area contributed by atoms with Crippen LogP contribution in [0.1, 0.15) is 0 Å². The average molecular weight is 500 g/mol. The summed E-state index contributed by atoms with van der Waals surface area (Å²) in [5.41, 5.74) is 0. The summed E-state index contributed by atoms with van der Waals surface area (Å²) in [6.07, 6.45) is 0. The minimum atomic E-state index is -1.75. The quantitative estimate of drug-likeness (QED) is 0.249. The zero-order chi connectivity index (χ0) is 17.0. The van der Waals surface area contributed by atoms with E-state index in [-0.39, 0.29) is 33.6 Å². The fourth-order valence-electron chi connectivity index (χ4n) is 0. The molecule has 0 aliphatic rings. The van der Waals surface area contributed by atoms with Gasteiger partial charge in [-0.05, 0) is 0 Å². The van der Waals surface area contributed by atoms with Gasteiger partial charge in [0.25, 0.3) is 0 Å². The van der Waals surface area contributed by atoms with Crippen molar-refractivity contribution in [3.8, 4) is 0 Å². The molecule has 0 heterocycles. The molecule has 0 saturated heterocycles. The van der Waals surface area contributed by atoms with Crippen molar-refractivity contribution in [3.05, 3.63) is 61.3 Å². The van der Waals surface area contributed by atoms with E-state index in [0.29, 0.717) is 12.7 Å². The molecular formula is Cl2CuN4Ni2O12. The Bertz CT molecular complexity index is 189. The third-order valence-corrected chi connectivity index (χ3v) is 0. The van der Waals surface area contributed by atoms with Crippen molar-refractivity contribution in [3.63, 3.8) is 0 Å². The standard InChI is InChI=1S/2ClH.Cu.4NO3.2Ni/c;;;4*2-1(3)4;;/h2*1H;;;;;;;/q;;+2;4*-1;2*+2/p-2. The van der Waals surface area contributed by atoms with E-state index in [1.165, 1.54) is 0 Å². The Labute approximate surface area is 148 Å². The zero-order valence-corrected chi connectivity index (χ0v) is 12.8. The van der Waals surface area contributed by atoms with Gasteiger partial charge in [0.15, 0.2) is 0 Å². The Hall–Kier alpha value is -1.11. The van der Waals surface area contributed by atoms with Crippen LogP contribution < -0.4 is 0 Å². The first kappa shape index (κ1) is 42.7. The number of hydrogen-bond donors (Lipinski definition) is 0. The van der Waals surface area contributed by atoms with Crippen LogP contribution in [-0.2, 0) is 46.2 Å². The molecule has 0 spiro atoms. The average Bonchev–Trinajstić information content (AvgIpc) is 1.97. The van der Waals surface area contributed by atoms with Gasteiger partial charge in [-0.3, -0.25) is 0 Å². The van der Waals surface area contributed by atoms with Crippen LogP contribution >= 0.6 is 20.4 Å². The molecule has 0 unspecified atom stereocenters. The van der Waals surface area contributed by atoms with Gasteiger partial charge >= 0.3 is 66.6 Å². The van der Waals surface area contributed by atoms with Gasteiger partial charge in [0.05, 0.1) is 20.3 Å². The second-order valence-corrected chi connectivity index (χ2v) is 2.57. The summed E-state index contributed by atoms with van der Waals surface area (Å²) < 4.78 is 0. The molecule has 0 aromatic heterocycles. The van der Waals surface area contributed by atoms with E-state index in [0.717, 1.165) is 0 Å². The Balaban J connectivity index is -0.0000000229. The molecule has 1 radical (unpaired) electrons. The predicted molar refractivity (Wildman–Crippen MR) is 53.2 cm³/mol. The van der Waals surface area contributed by atoms with E-state index in [1.54, 1.807) is 0 Å². The maximum absolute atomic E-state index is 8.25. The van der Waals surface area contributed by atoms with E-state index >= 15 is 0 Å². The zero-order valence-electron chi connectivity index (χ0n) is 8.38. The van der Waals surface area contributed by atoms with Crippen molar-refractivity contribution in [1.29, 1.82) is 0 Å². The van der Waals surface area contributed by atoms with Crippen molar-refractivity contribution in [2.45, 2.75) is 0 Å². The monoisotopic (exact) mass is 497 g/mol. The summed E-state index contributed by atoms with van der Waals surface area (Å²) in [5.74, 6) is 0. The van der Waals surface area contributed by atoms with Crippen molar-refractivity contribution in [1.82, 2.24) is 0 Å². The molecule has 0 aliphatic carbocycles. The van der Waals surface area contributed by atoms with Gasteiger partial charge < -0.3 is 61.3 Å². The van der Waals surface area contributed by atoms with E-state index in [9.17, 15) is 0 Å². The van der Waals surface area contributed by atoms with Crippen LogP contribution in [-0.4, -0.2) is 20.3 Å². The summed E-state index contributed by atoms with van der Waals surface area (Å²) in [4.78, 5) is 33.0. The topological polar surface area (TPSA) is 265 Å². The van der Waals surface area contributed by atoms with E-state index in [2.05, 4.69) is 0 Å². The van der Waals surface area contributed by atoms with Crippen LogP contribution in [0.2, 0.25) is 0 Å². The molecule has 0 amide bonds. The number of rotatable bonds is 0. The summed E-state index contributed by atoms with van der Waals surface area (Å²) in [6.45, 7) is 0. The molecule has 0 fully saturated rings. The predicted octanol–water partition coefficient (Wildman–Crippen LogP) is 0.415. The first-order valence-electron chi connectivity index (χ1n) is 2.43. The SMILES string of the molecule is O=[N+]([O-])[O-].O=[N+]([O-])[O-].O=[N+]([O-])[O-].O=[N+]([O-])[O-].[Cl][Ni][Cl].[Cu+2].[Ni+2]. The van der Waals surface area contributed by atoms with Gasteiger partial charge in [0, 0.05) is 0 Å². The van der Waals surface area contributed by atoms with Crippen LogP contribution in [0.4, 0.5) is 0 Å². The summed E-state index contributed by atoms with van der Waals surface area (Å²) in [5, 5.41) is 59.0. The molecule has 21 heavy (non-hydrogen) atoms. The van der Waals surface area contributed by atoms with Gasteiger partial charge in [-0.2, -0.15) is 0 Å². The van der Waals surface area contributed by atoms with Crippen molar-refractivity contribution >= 4 is 20.4 Å². The largest absolute Gasteiger partial charge is 2.00 e. The van der Waals surface area contributed by atoms with Crippen LogP contribution in [0, 0.1) is 61.3 Å². The van der Waals surface area contributed by atoms with Crippen LogP contribution in [0.5, 0.6) is 0 Å². The fourth-order valence-corrected chi connectivity index (χ4v) is 0. The molecule has 0 aromatic rings. The molecular weight excluding hydrogens is 500 g/mol. The Morgan fingerprint density at radius 3 is 0.571 bits per heavy atom. The van der Waals surface area contributed by atoms with Crippen molar-refractivity contribution in [2.75, 3.05) is 0 Å². The smallest absolute Gasteiger partial charge is 2.00 e. The van der Waals surface area contributed by atoms with Gasteiger partial charge in [0.2, 0.25) is 0 Å². The first-order chi connectivity index (χ1) is 8.34. The van der Waals surface area contributed by atoms with Gasteiger partial charge in [-0.25, -0.2) is 0 Å². The van der Waals surface area contributed by atoms with Gasteiger partial charge in [-0.15, -0.1) is 0 Å². The molecule has 0 rings (SSSR count). The number of halogens is 2. The maximum Gasteiger partial charge on any atom is 2.00 e. The molecule has 137 valence electrons. The van der Waals surface area contributed by atoms with Gasteiger partial charge in [-0.1, -0.05) is 0 Å². The minimum absolute atomic E-state index is 0. The van der Waals surface area contributed by atoms with Crippen molar-refractivity contribution in [2.24, 2.45) is 0 Å². The molecule has 0 saturated carbocycles. The Kier molecular flexibility index (Phi) is 87.0. The van der Waals surface area contributed by atoms with E-state index < -0.39 is 20.3 Å². The minimum Gasteiger partial charge on any atom is 2.00 e. The van der Waals surface area contributed by atoms with E-state index in [4.69, 9.17) is 81.7 Å². The normalized spacial score (nSPS) is 5.62. The summed E-state index contributed by atoms with van der Waals surface area (Å²) >= 11 is 0.569. The van der Waals surface area contributed by atoms with Gasteiger partial charge in [0.1, 0.15) is 0 Å². The molecule has 0 aromatic carbocycles. The Morgan fingerprint density at radius 2 is 0.571 bits per heavy atom. The fraction of sp³-hybridized carbons (Fsp3) is 0. The third kappa shape index (κ3) is 4340. The molecule has 0 bridgehead atoms. The maximum atomic E-state index is 8.25. The van der Waals surface area contributed by atoms with Crippen molar-refractivity contribution < 1.29 is 66.6 Å². The molecule has 16 nitrogen and oxygen atoms in total. The van der Waals surface area contributed by atoms with E-state index in [1.807, 2.05) is 0 Å². The van der Waals surface area contributed by atoms with Crippen LogP contribution in [0.25, 0.3) is 0 Å². The first-order valence-corrected chi connectivity index (χ1v) is 5.15. The Morgan fingerprint density at radius 1 is 0.571 bits per heavy atom. The van der Waals surface area contributed by atoms with Crippen LogP contribution in [0.3, 0.4) is 0 Å². The molecule has 0 atom stereocenters. The number of nitrogens with zero attached hydrogens (tertiary/aromatic N) is 4. The second-order valence-electron chi connectivity index (χ2n) is 0.940. The third-order valence-electron chi connectivity index (χ3n) is 0. The molecule has 0 N–H and O–H groups in total. The summed E-state index contributed by atoms with van der Waals surface area (Å²) in [6, 6.07) is 0. The second kappa shape index (κ2) is 42.8. The summed E-state index contributed by atoms with van der Waals surface area (Å²) in [7, 11) is 9.40. The molecule has 0 aliphatic heterocycles. The number of hydrogen-bond acceptors (Lipinski definition) is 12. The molecule has 21 heteroatoms.